The number of methoxy groups -OCH3 is 1. The lowest BCUT2D eigenvalue weighted by Crippen LogP contribution is -2.48. The standard InChI is InChI=1S/C22H31BN6O3/c1-13(30)25-16-7-5-6-8-17(16)26-20-15(23)12-24-22(28-20)27-18-10-9-14(11-19(18)32-4)21(31)29(2)3/h9-12,16-17H,5-8,23H2,1-4H3,(H,25,30)(H2,24,26,27,28)/t16-,17-/m1/s1. The highest BCUT2D eigenvalue weighted by Crippen LogP contribution is 2.28. The molecule has 9 nitrogen and oxygen atoms in total. The average molecular weight is 438 g/mol. The van der Waals surface area contributed by atoms with Crippen molar-refractivity contribution in [1.29, 1.82) is 0 Å². The number of anilines is 3. The summed E-state index contributed by atoms with van der Waals surface area (Å²) in [6, 6.07) is 5.40. The van der Waals surface area contributed by atoms with Crippen LogP contribution in [0.15, 0.2) is 24.4 Å². The molecule has 1 fully saturated rings. The topological polar surface area (TPSA) is 108 Å². The molecule has 1 aliphatic carbocycles. The number of carbonyl (C=O) groups excluding carboxylic acids is 2. The summed E-state index contributed by atoms with van der Waals surface area (Å²) in [5.74, 6) is 1.54. The van der Waals surface area contributed by atoms with Crippen molar-refractivity contribution in [3.05, 3.63) is 30.0 Å². The highest BCUT2D eigenvalue weighted by molar-refractivity contribution is 6.35. The Morgan fingerprint density at radius 2 is 1.91 bits per heavy atom. The minimum absolute atomic E-state index is 0.0197. The van der Waals surface area contributed by atoms with Crippen LogP contribution in [0.2, 0.25) is 0 Å². The van der Waals surface area contributed by atoms with Crippen LogP contribution in [0, 0.1) is 0 Å². The minimum Gasteiger partial charge on any atom is -0.495 e. The average Bonchev–Trinajstić information content (AvgIpc) is 2.76. The van der Waals surface area contributed by atoms with Gasteiger partial charge in [0.05, 0.1) is 12.8 Å². The van der Waals surface area contributed by atoms with Gasteiger partial charge in [-0.2, -0.15) is 4.98 Å². The Morgan fingerprint density at radius 3 is 2.56 bits per heavy atom. The number of nitrogens with zero attached hydrogens (tertiary/aromatic N) is 3. The molecule has 2 amide bonds. The maximum atomic E-state index is 12.2. The van der Waals surface area contributed by atoms with Gasteiger partial charge < -0.3 is 25.6 Å². The number of ether oxygens (including phenoxy) is 1. The number of hydrogen-bond acceptors (Lipinski definition) is 7. The predicted octanol–water partition coefficient (Wildman–Crippen LogP) is 1.05. The third kappa shape index (κ3) is 5.69. The van der Waals surface area contributed by atoms with Crippen molar-refractivity contribution in [1.82, 2.24) is 20.2 Å². The molecule has 1 heterocycles. The van der Waals surface area contributed by atoms with Crippen LogP contribution in [0.25, 0.3) is 0 Å². The van der Waals surface area contributed by atoms with Gasteiger partial charge in [0.15, 0.2) is 0 Å². The molecule has 2 aromatic rings. The van der Waals surface area contributed by atoms with E-state index >= 15 is 0 Å². The predicted molar refractivity (Wildman–Crippen MR) is 128 cm³/mol. The summed E-state index contributed by atoms with van der Waals surface area (Å²) in [7, 11) is 6.92. The first-order chi connectivity index (χ1) is 15.3. The van der Waals surface area contributed by atoms with Crippen LogP contribution in [-0.2, 0) is 4.79 Å². The SMILES string of the molecule is Bc1cnc(Nc2ccc(C(=O)N(C)C)cc2OC)nc1N[C@@H]1CCCC[C@H]1NC(C)=O. The van der Waals surface area contributed by atoms with E-state index in [9.17, 15) is 9.59 Å². The van der Waals surface area contributed by atoms with E-state index in [-0.39, 0.29) is 23.9 Å². The van der Waals surface area contributed by atoms with Gasteiger partial charge in [-0.15, -0.1) is 0 Å². The fourth-order valence-electron chi connectivity index (χ4n) is 3.87. The highest BCUT2D eigenvalue weighted by atomic mass is 16.5. The molecule has 10 heteroatoms. The number of nitrogens with one attached hydrogen (secondary N) is 3. The maximum absolute atomic E-state index is 12.2. The largest absolute Gasteiger partial charge is 0.495 e. The van der Waals surface area contributed by atoms with Crippen molar-refractivity contribution in [3.63, 3.8) is 0 Å². The molecule has 0 unspecified atom stereocenters. The van der Waals surface area contributed by atoms with Crippen LogP contribution in [0.5, 0.6) is 5.75 Å². The maximum Gasteiger partial charge on any atom is 0.253 e. The van der Waals surface area contributed by atoms with Gasteiger partial charge in [0.1, 0.15) is 19.4 Å². The molecule has 1 saturated carbocycles. The fourth-order valence-corrected chi connectivity index (χ4v) is 3.87. The molecule has 32 heavy (non-hydrogen) atoms. The number of rotatable bonds is 7. The first kappa shape index (κ1) is 23.4. The summed E-state index contributed by atoms with van der Waals surface area (Å²) >= 11 is 0. The smallest absolute Gasteiger partial charge is 0.253 e. The number of aromatic nitrogens is 2. The Balaban J connectivity index is 1.80. The van der Waals surface area contributed by atoms with Crippen LogP contribution in [0.3, 0.4) is 0 Å². The fraction of sp³-hybridized carbons (Fsp3) is 0.455. The zero-order chi connectivity index (χ0) is 23.3. The molecule has 0 aliphatic heterocycles. The minimum atomic E-state index is -0.103. The zero-order valence-electron chi connectivity index (χ0n) is 19.4. The second-order valence-corrected chi connectivity index (χ2v) is 8.31. The van der Waals surface area contributed by atoms with Crippen molar-refractivity contribution in [2.45, 2.75) is 44.7 Å². The Kier molecular flexibility index (Phi) is 7.55. The summed E-state index contributed by atoms with van der Waals surface area (Å²) in [5.41, 5.74) is 2.11. The molecular formula is C22H31BN6O3. The van der Waals surface area contributed by atoms with Gasteiger partial charge in [0, 0.05) is 44.9 Å². The lowest BCUT2D eigenvalue weighted by molar-refractivity contribution is -0.119. The van der Waals surface area contributed by atoms with Crippen LogP contribution >= 0.6 is 0 Å². The molecule has 3 N–H and O–H groups in total. The number of carbonyl (C=O) groups is 2. The monoisotopic (exact) mass is 438 g/mol. The van der Waals surface area contributed by atoms with Crippen LogP contribution in [-0.4, -0.2) is 67.8 Å². The molecule has 0 radical (unpaired) electrons. The first-order valence-electron chi connectivity index (χ1n) is 10.8. The van der Waals surface area contributed by atoms with Crippen LogP contribution < -0.4 is 26.2 Å². The van der Waals surface area contributed by atoms with Crippen LogP contribution in [0.1, 0.15) is 43.0 Å². The third-order valence-electron chi connectivity index (χ3n) is 5.55. The summed E-state index contributed by atoms with van der Waals surface area (Å²) < 4.78 is 5.47. The number of hydrogen-bond donors (Lipinski definition) is 3. The second kappa shape index (κ2) is 10.3. The van der Waals surface area contributed by atoms with E-state index in [0.29, 0.717) is 22.9 Å². The Bertz CT molecular complexity index is 984. The van der Waals surface area contributed by atoms with Gasteiger partial charge in [0.2, 0.25) is 11.9 Å². The summed E-state index contributed by atoms with van der Waals surface area (Å²) in [5, 5.41) is 9.75. The second-order valence-electron chi connectivity index (χ2n) is 8.31. The van der Waals surface area contributed by atoms with Gasteiger partial charge in [-0.1, -0.05) is 12.8 Å². The van der Waals surface area contributed by atoms with E-state index in [0.717, 1.165) is 37.0 Å². The number of benzene rings is 1. The van der Waals surface area contributed by atoms with E-state index < -0.39 is 0 Å². The van der Waals surface area contributed by atoms with E-state index in [2.05, 4.69) is 25.9 Å². The van der Waals surface area contributed by atoms with Crippen molar-refractivity contribution in [3.8, 4) is 5.75 Å². The Labute approximate surface area is 189 Å². The Hall–Kier alpha value is -3.30. The highest BCUT2D eigenvalue weighted by Gasteiger charge is 2.26. The van der Waals surface area contributed by atoms with Crippen molar-refractivity contribution >= 4 is 42.6 Å². The summed E-state index contributed by atoms with van der Waals surface area (Å²) in [4.78, 5) is 34.4. The van der Waals surface area contributed by atoms with Gasteiger partial charge in [-0.3, -0.25) is 9.59 Å². The molecule has 1 aliphatic rings. The molecule has 0 bridgehead atoms. The quantitative estimate of drug-likeness (QED) is 0.555. The first-order valence-corrected chi connectivity index (χ1v) is 10.8. The molecule has 0 saturated heterocycles. The normalized spacial score (nSPS) is 17.9. The lowest BCUT2D eigenvalue weighted by Gasteiger charge is -2.33. The van der Waals surface area contributed by atoms with E-state index in [1.807, 2.05) is 7.85 Å². The van der Waals surface area contributed by atoms with Crippen LogP contribution in [0.4, 0.5) is 17.5 Å². The van der Waals surface area contributed by atoms with Gasteiger partial charge in [-0.25, -0.2) is 4.98 Å². The summed E-state index contributed by atoms with van der Waals surface area (Å²) in [6.45, 7) is 1.55. The molecule has 170 valence electrons. The van der Waals surface area contributed by atoms with E-state index in [4.69, 9.17) is 4.74 Å². The Morgan fingerprint density at radius 1 is 1.19 bits per heavy atom. The molecule has 1 aromatic carbocycles. The van der Waals surface area contributed by atoms with Gasteiger partial charge >= 0.3 is 0 Å². The lowest BCUT2D eigenvalue weighted by atomic mass is 9.89. The van der Waals surface area contributed by atoms with Crippen molar-refractivity contribution in [2.75, 3.05) is 31.8 Å². The van der Waals surface area contributed by atoms with Gasteiger partial charge in [0.25, 0.3) is 5.91 Å². The van der Waals surface area contributed by atoms with Crippen molar-refractivity contribution < 1.29 is 14.3 Å². The number of amides is 2. The van der Waals surface area contributed by atoms with Gasteiger partial charge in [-0.05, 0) is 36.5 Å². The molecule has 2 atom stereocenters. The van der Waals surface area contributed by atoms with E-state index in [1.54, 1.807) is 52.5 Å². The van der Waals surface area contributed by atoms with Crippen molar-refractivity contribution in [2.24, 2.45) is 0 Å². The third-order valence-corrected chi connectivity index (χ3v) is 5.55. The molecule has 3 rings (SSSR count). The van der Waals surface area contributed by atoms with E-state index in [1.165, 1.54) is 4.90 Å². The molecular weight excluding hydrogens is 407 g/mol. The zero-order valence-corrected chi connectivity index (χ0v) is 19.4. The summed E-state index contributed by atoms with van der Waals surface area (Å²) in [6.07, 6.45) is 5.88. The molecule has 0 spiro atoms. The molecule has 1 aromatic heterocycles.